The summed E-state index contributed by atoms with van der Waals surface area (Å²) in [6.45, 7) is 3.41. The van der Waals surface area contributed by atoms with E-state index in [1.165, 1.54) is 6.07 Å². The van der Waals surface area contributed by atoms with Crippen molar-refractivity contribution >= 4 is 15.7 Å². The Balaban J connectivity index is 1.34. The summed E-state index contributed by atoms with van der Waals surface area (Å²) in [5.74, 6) is 0.183. The SMILES string of the molecule is Cc1cc(-c2noc(CCC(=O)NC3CS(=O)(=O)CC3N3CCCCC3)n2)ccc1F. The Hall–Kier alpha value is -2.33. The topological polar surface area (TPSA) is 105 Å². The third-order valence-electron chi connectivity index (χ3n) is 5.98. The van der Waals surface area contributed by atoms with Gasteiger partial charge in [-0.15, -0.1) is 0 Å². The van der Waals surface area contributed by atoms with E-state index in [0.717, 1.165) is 32.4 Å². The molecule has 0 radical (unpaired) electrons. The molecule has 2 fully saturated rings. The first-order valence-corrected chi connectivity index (χ1v) is 12.5. The third kappa shape index (κ3) is 5.30. The Kier molecular flexibility index (Phi) is 6.38. The van der Waals surface area contributed by atoms with Crippen LogP contribution in [0.5, 0.6) is 0 Å². The Morgan fingerprint density at radius 1 is 1.26 bits per heavy atom. The van der Waals surface area contributed by atoms with Crippen LogP contribution in [0.1, 0.15) is 37.1 Å². The molecule has 2 atom stereocenters. The average molecular weight is 451 g/mol. The molecule has 8 nitrogen and oxygen atoms in total. The predicted octanol–water partition coefficient (Wildman–Crippen LogP) is 1.88. The lowest BCUT2D eigenvalue weighted by molar-refractivity contribution is -0.122. The van der Waals surface area contributed by atoms with Crippen LogP contribution in [0.3, 0.4) is 0 Å². The molecule has 1 N–H and O–H groups in total. The molecule has 0 bridgehead atoms. The standard InChI is InChI=1S/C21H27FN4O4S/c1-14-11-15(5-6-16(14)22)21-24-20(30-25-21)8-7-19(27)23-17-12-31(28,29)13-18(17)26-9-3-2-4-10-26/h5-6,11,17-18H,2-4,7-10,12-13H2,1H3,(H,23,27). The highest BCUT2D eigenvalue weighted by molar-refractivity contribution is 7.91. The Morgan fingerprint density at radius 2 is 2.03 bits per heavy atom. The molecule has 1 aromatic heterocycles. The minimum absolute atomic E-state index is 0.0193. The van der Waals surface area contributed by atoms with Crippen molar-refractivity contribution in [3.05, 3.63) is 35.5 Å². The maximum atomic E-state index is 13.4. The van der Waals surface area contributed by atoms with Crippen molar-refractivity contribution in [1.29, 1.82) is 0 Å². The van der Waals surface area contributed by atoms with Gasteiger partial charge in [0.1, 0.15) is 5.82 Å². The van der Waals surface area contributed by atoms with Crippen molar-refractivity contribution in [2.75, 3.05) is 24.6 Å². The summed E-state index contributed by atoms with van der Waals surface area (Å²) in [6, 6.07) is 4.01. The van der Waals surface area contributed by atoms with E-state index in [1.807, 2.05) is 0 Å². The number of aromatic nitrogens is 2. The van der Waals surface area contributed by atoms with E-state index >= 15 is 0 Å². The Bertz CT molecular complexity index is 1050. The van der Waals surface area contributed by atoms with E-state index in [1.54, 1.807) is 19.1 Å². The van der Waals surface area contributed by atoms with Gasteiger partial charge in [-0.1, -0.05) is 11.6 Å². The van der Waals surface area contributed by atoms with Crippen molar-refractivity contribution < 1.29 is 22.1 Å². The molecule has 0 saturated carbocycles. The molecular formula is C21H27FN4O4S. The molecule has 2 aromatic rings. The lowest BCUT2D eigenvalue weighted by Gasteiger charge is -2.35. The molecule has 0 spiro atoms. The predicted molar refractivity (Wildman–Crippen MR) is 113 cm³/mol. The molecule has 2 unspecified atom stereocenters. The second-order valence-electron chi connectivity index (χ2n) is 8.39. The van der Waals surface area contributed by atoms with Gasteiger partial charge in [-0.05, 0) is 56.6 Å². The number of benzene rings is 1. The highest BCUT2D eigenvalue weighted by atomic mass is 32.2. The van der Waals surface area contributed by atoms with Crippen LogP contribution >= 0.6 is 0 Å². The Morgan fingerprint density at radius 3 is 2.77 bits per heavy atom. The van der Waals surface area contributed by atoms with Gasteiger partial charge in [0.25, 0.3) is 0 Å². The summed E-state index contributed by atoms with van der Waals surface area (Å²) in [5.41, 5.74) is 1.12. The number of hydrogen-bond acceptors (Lipinski definition) is 7. The first kappa shape index (κ1) is 21.9. The highest BCUT2D eigenvalue weighted by Crippen LogP contribution is 2.23. The van der Waals surface area contributed by atoms with Crippen LogP contribution in [0, 0.1) is 12.7 Å². The lowest BCUT2D eigenvalue weighted by Crippen LogP contribution is -2.52. The maximum absolute atomic E-state index is 13.4. The Labute approximate surface area is 181 Å². The molecule has 2 saturated heterocycles. The molecule has 2 aliphatic heterocycles. The van der Waals surface area contributed by atoms with Gasteiger partial charge < -0.3 is 9.84 Å². The largest absolute Gasteiger partial charge is 0.351 e. The number of likely N-dealkylation sites (tertiary alicyclic amines) is 1. The average Bonchev–Trinajstić information content (AvgIpc) is 3.33. The highest BCUT2D eigenvalue weighted by Gasteiger charge is 2.41. The summed E-state index contributed by atoms with van der Waals surface area (Å²) < 4.78 is 43.1. The van der Waals surface area contributed by atoms with Gasteiger partial charge in [0.2, 0.25) is 17.6 Å². The van der Waals surface area contributed by atoms with E-state index in [0.29, 0.717) is 22.8 Å². The molecule has 0 aliphatic carbocycles. The molecule has 168 valence electrons. The number of nitrogens with zero attached hydrogens (tertiary/aromatic N) is 3. The molecule has 2 aliphatic rings. The molecule has 31 heavy (non-hydrogen) atoms. The molecular weight excluding hydrogens is 423 g/mol. The van der Waals surface area contributed by atoms with Crippen LogP contribution in [0.4, 0.5) is 4.39 Å². The number of carbonyl (C=O) groups excluding carboxylic acids is 1. The van der Waals surface area contributed by atoms with E-state index in [4.69, 9.17) is 4.52 Å². The zero-order valence-electron chi connectivity index (χ0n) is 17.5. The van der Waals surface area contributed by atoms with E-state index < -0.39 is 15.9 Å². The number of piperidine rings is 1. The second kappa shape index (κ2) is 9.04. The van der Waals surface area contributed by atoms with Crippen molar-refractivity contribution in [1.82, 2.24) is 20.4 Å². The minimum atomic E-state index is -3.16. The van der Waals surface area contributed by atoms with Gasteiger partial charge in [0, 0.05) is 24.4 Å². The zero-order valence-corrected chi connectivity index (χ0v) is 18.3. The summed E-state index contributed by atoms with van der Waals surface area (Å²) >= 11 is 0. The number of hydrogen-bond donors (Lipinski definition) is 1. The number of amides is 1. The van der Waals surface area contributed by atoms with Gasteiger partial charge >= 0.3 is 0 Å². The normalized spacial score (nSPS) is 23.7. The lowest BCUT2D eigenvalue weighted by atomic mass is 10.0. The number of sulfone groups is 1. The number of carbonyl (C=O) groups is 1. The van der Waals surface area contributed by atoms with Gasteiger partial charge in [-0.25, -0.2) is 12.8 Å². The summed E-state index contributed by atoms with van der Waals surface area (Å²) in [4.78, 5) is 19.0. The third-order valence-corrected chi connectivity index (χ3v) is 7.70. The molecule has 10 heteroatoms. The first-order valence-electron chi connectivity index (χ1n) is 10.6. The van der Waals surface area contributed by atoms with Gasteiger partial charge in [-0.2, -0.15) is 4.98 Å². The van der Waals surface area contributed by atoms with E-state index in [9.17, 15) is 17.6 Å². The van der Waals surface area contributed by atoms with Crippen LogP contribution < -0.4 is 5.32 Å². The minimum Gasteiger partial charge on any atom is -0.351 e. The fraction of sp³-hybridized carbons (Fsp3) is 0.571. The quantitative estimate of drug-likeness (QED) is 0.716. The second-order valence-corrected chi connectivity index (χ2v) is 10.5. The molecule has 3 heterocycles. The molecule has 4 rings (SSSR count). The summed E-state index contributed by atoms with van der Waals surface area (Å²) in [5, 5.41) is 6.82. The summed E-state index contributed by atoms with van der Waals surface area (Å²) in [7, 11) is -3.16. The summed E-state index contributed by atoms with van der Waals surface area (Å²) in [6.07, 6.45) is 3.64. The van der Waals surface area contributed by atoms with E-state index in [2.05, 4.69) is 20.4 Å². The van der Waals surface area contributed by atoms with Crippen LogP contribution in [0.25, 0.3) is 11.4 Å². The van der Waals surface area contributed by atoms with Gasteiger partial charge in [0.05, 0.1) is 17.5 Å². The van der Waals surface area contributed by atoms with Crippen LogP contribution in [0.15, 0.2) is 22.7 Å². The van der Waals surface area contributed by atoms with Crippen LogP contribution in [-0.2, 0) is 21.1 Å². The van der Waals surface area contributed by atoms with Crippen LogP contribution in [-0.4, -0.2) is 66.0 Å². The smallest absolute Gasteiger partial charge is 0.227 e. The number of halogens is 1. The van der Waals surface area contributed by atoms with Gasteiger partial charge in [-0.3, -0.25) is 9.69 Å². The van der Waals surface area contributed by atoms with Gasteiger partial charge in [0.15, 0.2) is 9.84 Å². The fourth-order valence-electron chi connectivity index (χ4n) is 4.33. The van der Waals surface area contributed by atoms with Crippen molar-refractivity contribution in [3.8, 4) is 11.4 Å². The molecule has 1 aromatic carbocycles. The number of aryl methyl sites for hydroxylation is 2. The first-order chi connectivity index (χ1) is 14.8. The zero-order chi connectivity index (χ0) is 22.0. The van der Waals surface area contributed by atoms with Crippen molar-refractivity contribution in [2.45, 2.75) is 51.1 Å². The molecule has 1 amide bonds. The maximum Gasteiger partial charge on any atom is 0.227 e. The van der Waals surface area contributed by atoms with Crippen LogP contribution in [0.2, 0.25) is 0 Å². The number of nitrogens with one attached hydrogen (secondary N) is 1. The fourth-order valence-corrected chi connectivity index (χ4v) is 6.29. The number of rotatable bonds is 6. The van der Waals surface area contributed by atoms with Crippen molar-refractivity contribution in [2.24, 2.45) is 0 Å². The van der Waals surface area contributed by atoms with E-state index in [-0.39, 0.29) is 42.1 Å². The monoisotopic (exact) mass is 450 g/mol. The van der Waals surface area contributed by atoms with Crippen molar-refractivity contribution in [3.63, 3.8) is 0 Å².